The molecule has 0 atom stereocenters. The Morgan fingerprint density at radius 1 is 1.25 bits per heavy atom. The van der Waals surface area contributed by atoms with E-state index < -0.39 is 0 Å². The fourth-order valence-corrected chi connectivity index (χ4v) is 1.77. The van der Waals surface area contributed by atoms with Crippen molar-refractivity contribution in [1.29, 1.82) is 0 Å². The molecule has 0 aromatic carbocycles. The Morgan fingerprint density at radius 3 is 2.60 bits per heavy atom. The van der Waals surface area contributed by atoms with Crippen molar-refractivity contribution in [2.75, 3.05) is 31.6 Å². The normalized spacial score (nSPS) is 10.3. The first kappa shape index (κ1) is 16.4. The van der Waals surface area contributed by atoms with E-state index in [2.05, 4.69) is 22.5 Å². The van der Waals surface area contributed by atoms with Crippen molar-refractivity contribution in [3.8, 4) is 0 Å². The van der Waals surface area contributed by atoms with Gasteiger partial charge < -0.3 is 15.5 Å². The van der Waals surface area contributed by atoms with Gasteiger partial charge in [-0.25, -0.2) is 4.98 Å². The number of carbonyl (C=O) groups excluding carboxylic acids is 1. The van der Waals surface area contributed by atoms with Crippen molar-refractivity contribution in [1.82, 2.24) is 15.6 Å². The summed E-state index contributed by atoms with van der Waals surface area (Å²) in [6, 6.07) is 4.00. The smallest absolute Gasteiger partial charge is 0.239 e. The first-order valence-corrected chi connectivity index (χ1v) is 7.30. The van der Waals surface area contributed by atoms with Gasteiger partial charge in [-0.1, -0.05) is 19.9 Å². The highest BCUT2D eigenvalue weighted by molar-refractivity contribution is 5.80. The number of rotatable bonds is 9. The highest BCUT2D eigenvalue weighted by Crippen LogP contribution is 2.09. The topological polar surface area (TPSA) is 57.3 Å². The molecule has 0 aliphatic carbocycles. The minimum Gasteiger partial charge on any atom is -0.355 e. The third kappa shape index (κ3) is 6.02. The number of carbonyl (C=O) groups is 1. The lowest BCUT2D eigenvalue weighted by molar-refractivity contribution is -0.119. The van der Waals surface area contributed by atoms with E-state index >= 15 is 0 Å². The van der Waals surface area contributed by atoms with Crippen molar-refractivity contribution in [3.63, 3.8) is 0 Å². The predicted octanol–water partition coefficient (Wildman–Crippen LogP) is 1.54. The fourth-order valence-electron chi connectivity index (χ4n) is 1.77. The van der Waals surface area contributed by atoms with Gasteiger partial charge >= 0.3 is 0 Å². The lowest BCUT2D eigenvalue weighted by atomic mass is 10.2. The van der Waals surface area contributed by atoms with Crippen LogP contribution in [0.25, 0.3) is 0 Å². The molecule has 0 aliphatic rings. The van der Waals surface area contributed by atoms with Crippen molar-refractivity contribution >= 4 is 11.7 Å². The molecular formula is C15H26N4O. The van der Waals surface area contributed by atoms with Crippen LogP contribution in [0.4, 0.5) is 5.82 Å². The van der Waals surface area contributed by atoms with Crippen molar-refractivity contribution in [2.45, 2.75) is 33.2 Å². The molecular weight excluding hydrogens is 252 g/mol. The molecule has 0 saturated heterocycles. The molecule has 20 heavy (non-hydrogen) atoms. The highest BCUT2D eigenvalue weighted by Gasteiger charge is 2.07. The molecule has 112 valence electrons. The summed E-state index contributed by atoms with van der Waals surface area (Å²) >= 11 is 0. The van der Waals surface area contributed by atoms with Crippen LogP contribution < -0.4 is 15.5 Å². The molecule has 2 N–H and O–H groups in total. The Bertz CT molecular complexity index is 391. The van der Waals surface area contributed by atoms with Crippen LogP contribution in [0, 0.1) is 0 Å². The van der Waals surface area contributed by atoms with Gasteiger partial charge in [0, 0.05) is 26.3 Å². The lowest BCUT2D eigenvalue weighted by Gasteiger charge is -2.17. The van der Waals surface area contributed by atoms with Gasteiger partial charge in [0.05, 0.1) is 6.54 Å². The van der Waals surface area contributed by atoms with Crippen LogP contribution in [0.15, 0.2) is 18.3 Å². The van der Waals surface area contributed by atoms with E-state index in [1.807, 2.05) is 37.2 Å². The van der Waals surface area contributed by atoms with Crippen LogP contribution in [0.5, 0.6) is 0 Å². The van der Waals surface area contributed by atoms with Crippen LogP contribution in [-0.2, 0) is 11.3 Å². The Hall–Kier alpha value is -1.62. The molecule has 0 fully saturated rings. The Kier molecular flexibility index (Phi) is 7.65. The summed E-state index contributed by atoms with van der Waals surface area (Å²) in [5, 5.41) is 6.20. The molecule has 0 radical (unpaired) electrons. The van der Waals surface area contributed by atoms with Crippen molar-refractivity contribution in [2.24, 2.45) is 0 Å². The SMILES string of the molecule is CCCNCc1ccc(N(C)CC(=O)NCCC)nc1. The van der Waals surface area contributed by atoms with Gasteiger partial charge in [-0.15, -0.1) is 0 Å². The van der Waals surface area contributed by atoms with Crippen LogP contribution in [0.3, 0.4) is 0 Å². The molecule has 1 amide bonds. The Balaban J connectivity index is 2.44. The maximum absolute atomic E-state index is 11.6. The highest BCUT2D eigenvalue weighted by atomic mass is 16.2. The number of aromatic nitrogens is 1. The molecule has 0 spiro atoms. The zero-order valence-electron chi connectivity index (χ0n) is 12.8. The number of anilines is 1. The van der Waals surface area contributed by atoms with Gasteiger partial charge in [0.2, 0.25) is 5.91 Å². The van der Waals surface area contributed by atoms with Gasteiger partial charge in [-0.2, -0.15) is 0 Å². The molecule has 0 aliphatic heterocycles. The predicted molar refractivity (Wildman–Crippen MR) is 82.8 cm³/mol. The maximum Gasteiger partial charge on any atom is 0.239 e. The minimum absolute atomic E-state index is 0.0323. The number of hydrogen-bond acceptors (Lipinski definition) is 4. The fraction of sp³-hybridized carbons (Fsp3) is 0.600. The quantitative estimate of drug-likeness (QED) is 0.673. The standard InChI is InChI=1S/C15H26N4O/c1-4-8-16-10-13-6-7-14(18-11-13)19(3)12-15(20)17-9-5-2/h6-7,11,16H,4-5,8-10,12H2,1-3H3,(H,17,20). The zero-order valence-corrected chi connectivity index (χ0v) is 12.8. The third-order valence-corrected chi connectivity index (χ3v) is 2.91. The van der Waals surface area contributed by atoms with Gasteiger partial charge in [0.1, 0.15) is 5.82 Å². The van der Waals surface area contributed by atoms with Crippen molar-refractivity contribution < 1.29 is 4.79 Å². The summed E-state index contributed by atoms with van der Waals surface area (Å²) in [5.41, 5.74) is 1.16. The number of amides is 1. The summed E-state index contributed by atoms with van der Waals surface area (Å²) in [6.07, 6.45) is 3.94. The molecule has 5 heteroatoms. The summed E-state index contributed by atoms with van der Waals surface area (Å²) in [4.78, 5) is 17.9. The molecule has 1 rings (SSSR count). The minimum atomic E-state index is 0.0323. The lowest BCUT2D eigenvalue weighted by Crippen LogP contribution is -2.35. The Labute approximate surface area is 121 Å². The van der Waals surface area contributed by atoms with Gasteiger partial charge in [-0.05, 0) is 31.0 Å². The summed E-state index contributed by atoms with van der Waals surface area (Å²) in [7, 11) is 1.88. The zero-order chi connectivity index (χ0) is 14.8. The van der Waals surface area contributed by atoms with Crippen LogP contribution in [-0.4, -0.2) is 37.6 Å². The number of nitrogens with zero attached hydrogens (tertiary/aromatic N) is 2. The molecule has 0 unspecified atom stereocenters. The van der Waals surface area contributed by atoms with Gasteiger partial charge in [0.15, 0.2) is 0 Å². The maximum atomic E-state index is 11.6. The number of nitrogens with one attached hydrogen (secondary N) is 2. The summed E-state index contributed by atoms with van der Waals surface area (Å²) in [5.74, 6) is 0.848. The van der Waals surface area contributed by atoms with Gasteiger partial charge in [0.25, 0.3) is 0 Å². The second-order valence-electron chi connectivity index (χ2n) is 4.91. The largest absolute Gasteiger partial charge is 0.355 e. The third-order valence-electron chi connectivity index (χ3n) is 2.91. The van der Waals surface area contributed by atoms with E-state index in [9.17, 15) is 4.79 Å². The van der Waals surface area contributed by atoms with Gasteiger partial charge in [-0.3, -0.25) is 4.79 Å². The molecule has 0 saturated carbocycles. The second-order valence-corrected chi connectivity index (χ2v) is 4.91. The second kappa shape index (κ2) is 9.31. The van der Waals surface area contributed by atoms with Crippen LogP contribution >= 0.6 is 0 Å². The van der Waals surface area contributed by atoms with E-state index in [0.29, 0.717) is 6.54 Å². The average Bonchev–Trinajstić information content (AvgIpc) is 2.46. The van der Waals surface area contributed by atoms with E-state index in [4.69, 9.17) is 0 Å². The average molecular weight is 278 g/mol. The monoisotopic (exact) mass is 278 g/mol. The van der Waals surface area contributed by atoms with E-state index in [-0.39, 0.29) is 5.91 Å². The molecule has 0 bridgehead atoms. The first-order valence-electron chi connectivity index (χ1n) is 7.30. The van der Waals surface area contributed by atoms with Crippen molar-refractivity contribution in [3.05, 3.63) is 23.9 Å². The number of hydrogen-bond donors (Lipinski definition) is 2. The Morgan fingerprint density at radius 2 is 2.00 bits per heavy atom. The van der Waals surface area contributed by atoms with E-state index in [0.717, 1.165) is 43.9 Å². The number of likely N-dealkylation sites (N-methyl/N-ethyl adjacent to an activating group) is 1. The van der Waals surface area contributed by atoms with E-state index in [1.54, 1.807) is 0 Å². The molecule has 5 nitrogen and oxygen atoms in total. The molecule has 1 heterocycles. The summed E-state index contributed by atoms with van der Waals surface area (Å²) < 4.78 is 0. The summed E-state index contributed by atoms with van der Waals surface area (Å²) in [6.45, 7) is 7.09. The number of pyridine rings is 1. The van der Waals surface area contributed by atoms with E-state index in [1.165, 1.54) is 0 Å². The first-order chi connectivity index (χ1) is 9.67. The molecule has 1 aromatic rings. The van der Waals surface area contributed by atoms with Crippen LogP contribution in [0.2, 0.25) is 0 Å². The van der Waals surface area contributed by atoms with Crippen LogP contribution in [0.1, 0.15) is 32.3 Å². The molecule has 1 aromatic heterocycles.